The topological polar surface area (TPSA) is 49.3 Å². The van der Waals surface area contributed by atoms with E-state index in [0.29, 0.717) is 5.56 Å². The molecule has 0 aliphatic heterocycles. The molecule has 0 fully saturated rings. The van der Waals surface area contributed by atoms with E-state index < -0.39 is 11.1 Å². The minimum absolute atomic E-state index is 0.336. The van der Waals surface area contributed by atoms with Gasteiger partial charge in [-0.2, -0.15) is 0 Å². The SMILES string of the molecule is CC(C)(O)C(C)(C)NC(=O)c1ccc(F)cc1. The maximum Gasteiger partial charge on any atom is 0.251 e. The zero-order valence-corrected chi connectivity index (χ0v) is 10.5. The molecule has 2 N–H and O–H groups in total. The van der Waals surface area contributed by atoms with Crippen molar-refractivity contribution in [1.29, 1.82) is 0 Å². The van der Waals surface area contributed by atoms with Gasteiger partial charge in [0.05, 0.1) is 11.1 Å². The molecule has 0 aromatic heterocycles. The van der Waals surface area contributed by atoms with Crippen molar-refractivity contribution in [3.8, 4) is 0 Å². The van der Waals surface area contributed by atoms with Gasteiger partial charge in [0.15, 0.2) is 0 Å². The largest absolute Gasteiger partial charge is 0.388 e. The predicted molar refractivity (Wildman–Crippen MR) is 64.2 cm³/mol. The first-order chi connectivity index (χ1) is 7.63. The van der Waals surface area contributed by atoms with E-state index in [4.69, 9.17) is 0 Å². The molecular formula is C13H18FNO2. The van der Waals surface area contributed by atoms with Crippen LogP contribution in [0.1, 0.15) is 38.1 Å². The first-order valence-electron chi connectivity index (χ1n) is 5.44. The first-order valence-corrected chi connectivity index (χ1v) is 5.44. The zero-order chi connectivity index (χ0) is 13.3. The Morgan fingerprint density at radius 2 is 1.65 bits per heavy atom. The van der Waals surface area contributed by atoms with E-state index in [1.54, 1.807) is 27.7 Å². The van der Waals surface area contributed by atoms with Gasteiger partial charge in [0.2, 0.25) is 0 Å². The number of hydrogen-bond donors (Lipinski definition) is 2. The molecule has 0 saturated heterocycles. The summed E-state index contributed by atoms with van der Waals surface area (Å²) >= 11 is 0. The molecule has 0 spiro atoms. The fourth-order valence-electron chi connectivity index (χ4n) is 1.11. The second kappa shape index (κ2) is 4.45. The van der Waals surface area contributed by atoms with Crippen LogP contribution in [-0.4, -0.2) is 22.2 Å². The molecule has 0 aliphatic carbocycles. The van der Waals surface area contributed by atoms with Crippen molar-refractivity contribution in [3.05, 3.63) is 35.6 Å². The molecule has 4 heteroatoms. The fraction of sp³-hybridized carbons (Fsp3) is 0.462. The van der Waals surface area contributed by atoms with Crippen molar-refractivity contribution in [1.82, 2.24) is 5.32 Å². The molecule has 1 amide bonds. The van der Waals surface area contributed by atoms with Crippen molar-refractivity contribution in [3.63, 3.8) is 0 Å². The third-order valence-corrected chi connectivity index (χ3v) is 3.06. The molecule has 0 atom stereocenters. The number of nitrogens with one attached hydrogen (secondary N) is 1. The Balaban J connectivity index is 2.83. The maximum absolute atomic E-state index is 12.7. The number of amides is 1. The van der Waals surface area contributed by atoms with Crippen LogP contribution in [0.25, 0.3) is 0 Å². The second-order valence-corrected chi connectivity index (χ2v) is 5.15. The molecule has 1 aromatic rings. The van der Waals surface area contributed by atoms with Crippen molar-refractivity contribution >= 4 is 5.91 Å². The Kier molecular flexibility index (Phi) is 3.57. The molecule has 0 unspecified atom stereocenters. The smallest absolute Gasteiger partial charge is 0.251 e. The lowest BCUT2D eigenvalue weighted by Crippen LogP contribution is -2.57. The van der Waals surface area contributed by atoms with Gasteiger partial charge in [-0.25, -0.2) is 4.39 Å². The normalized spacial score (nSPS) is 12.4. The van der Waals surface area contributed by atoms with E-state index in [1.807, 2.05) is 0 Å². The van der Waals surface area contributed by atoms with Crippen molar-refractivity contribution in [2.24, 2.45) is 0 Å². The summed E-state index contributed by atoms with van der Waals surface area (Å²) < 4.78 is 12.7. The van der Waals surface area contributed by atoms with Gasteiger partial charge in [-0.15, -0.1) is 0 Å². The monoisotopic (exact) mass is 239 g/mol. The van der Waals surface area contributed by atoms with Crippen LogP contribution in [0.5, 0.6) is 0 Å². The number of hydrogen-bond acceptors (Lipinski definition) is 2. The van der Waals surface area contributed by atoms with Crippen LogP contribution in [0.4, 0.5) is 4.39 Å². The Morgan fingerprint density at radius 1 is 1.18 bits per heavy atom. The van der Waals surface area contributed by atoms with E-state index in [9.17, 15) is 14.3 Å². The van der Waals surface area contributed by atoms with Crippen LogP contribution in [0, 0.1) is 5.82 Å². The highest BCUT2D eigenvalue weighted by atomic mass is 19.1. The summed E-state index contributed by atoms with van der Waals surface area (Å²) in [5, 5.41) is 12.6. The molecule has 1 aromatic carbocycles. The summed E-state index contributed by atoms with van der Waals surface area (Å²) in [5.41, 5.74) is -1.47. The van der Waals surface area contributed by atoms with Crippen molar-refractivity contribution in [2.45, 2.75) is 38.8 Å². The van der Waals surface area contributed by atoms with E-state index in [-0.39, 0.29) is 11.7 Å². The van der Waals surface area contributed by atoms with E-state index in [0.717, 1.165) is 0 Å². The number of carbonyl (C=O) groups excluding carboxylic acids is 1. The highest BCUT2D eigenvalue weighted by Crippen LogP contribution is 2.21. The highest BCUT2D eigenvalue weighted by Gasteiger charge is 2.36. The second-order valence-electron chi connectivity index (χ2n) is 5.15. The number of carbonyl (C=O) groups is 1. The summed E-state index contributed by atoms with van der Waals surface area (Å²) in [6.45, 7) is 6.71. The number of rotatable bonds is 3. The molecule has 0 saturated carbocycles. The Morgan fingerprint density at radius 3 is 2.06 bits per heavy atom. The van der Waals surface area contributed by atoms with Gasteiger partial charge in [-0.3, -0.25) is 4.79 Å². The van der Waals surface area contributed by atoms with Gasteiger partial charge >= 0.3 is 0 Å². The average Bonchev–Trinajstić information content (AvgIpc) is 2.16. The maximum atomic E-state index is 12.7. The third-order valence-electron chi connectivity index (χ3n) is 3.06. The van der Waals surface area contributed by atoms with Gasteiger partial charge < -0.3 is 10.4 Å². The quantitative estimate of drug-likeness (QED) is 0.848. The molecule has 17 heavy (non-hydrogen) atoms. The van der Waals surface area contributed by atoms with Gasteiger partial charge in [0.1, 0.15) is 5.82 Å². The highest BCUT2D eigenvalue weighted by molar-refractivity contribution is 5.94. The molecule has 0 heterocycles. The van der Waals surface area contributed by atoms with Gasteiger partial charge in [0, 0.05) is 5.56 Å². The van der Waals surface area contributed by atoms with E-state index in [2.05, 4.69) is 5.32 Å². The van der Waals surface area contributed by atoms with Crippen LogP contribution in [0.15, 0.2) is 24.3 Å². The lowest BCUT2D eigenvalue weighted by molar-refractivity contribution is -0.00293. The molecule has 0 radical (unpaired) electrons. The summed E-state index contributed by atoms with van der Waals surface area (Å²) in [6, 6.07) is 5.27. The summed E-state index contributed by atoms with van der Waals surface area (Å²) in [4.78, 5) is 11.9. The lowest BCUT2D eigenvalue weighted by Gasteiger charge is -2.38. The standard InChI is InChI=1S/C13H18FNO2/c1-12(2,13(3,4)17)15-11(16)9-5-7-10(14)8-6-9/h5-8,17H,1-4H3,(H,15,16). The molecule has 1 rings (SSSR count). The first kappa shape index (κ1) is 13.6. The minimum Gasteiger partial charge on any atom is -0.388 e. The Hall–Kier alpha value is -1.42. The zero-order valence-electron chi connectivity index (χ0n) is 10.5. The van der Waals surface area contributed by atoms with Gasteiger partial charge in [0.25, 0.3) is 5.91 Å². The summed E-state index contributed by atoms with van der Waals surface area (Å²) in [6.07, 6.45) is 0. The van der Waals surface area contributed by atoms with E-state index >= 15 is 0 Å². The van der Waals surface area contributed by atoms with Gasteiger partial charge in [-0.05, 0) is 52.0 Å². The summed E-state index contributed by atoms with van der Waals surface area (Å²) in [7, 11) is 0. The number of benzene rings is 1. The Bertz CT molecular complexity index is 404. The summed E-state index contributed by atoms with van der Waals surface area (Å²) in [5.74, 6) is -0.722. The van der Waals surface area contributed by atoms with Crippen molar-refractivity contribution < 1.29 is 14.3 Å². The molecule has 3 nitrogen and oxygen atoms in total. The molecular weight excluding hydrogens is 221 g/mol. The average molecular weight is 239 g/mol. The minimum atomic E-state index is -1.05. The number of aliphatic hydroxyl groups is 1. The predicted octanol–water partition coefficient (Wildman–Crippen LogP) is 2.10. The van der Waals surface area contributed by atoms with Crippen LogP contribution in [0.3, 0.4) is 0 Å². The van der Waals surface area contributed by atoms with Crippen molar-refractivity contribution in [2.75, 3.05) is 0 Å². The van der Waals surface area contributed by atoms with Crippen LogP contribution < -0.4 is 5.32 Å². The third kappa shape index (κ3) is 3.27. The van der Waals surface area contributed by atoms with Crippen LogP contribution >= 0.6 is 0 Å². The van der Waals surface area contributed by atoms with Crippen LogP contribution in [-0.2, 0) is 0 Å². The molecule has 94 valence electrons. The molecule has 0 bridgehead atoms. The lowest BCUT2D eigenvalue weighted by atomic mass is 9.86. The molecule has 0 aliphatic rings. The van der Waals surface area contributed by atoms with Gasteiger partial charge in [-0.1, -0.05) is 0 Å². The van der Waals surface area contributed by atoms with Crippen LogP contribution in [0.2, 0.25) is 0 Å². The Labute approximate surface area is 101 Å². The fourth-order valence-corrected chi connectivity index (χ4v) is 1.11. The number of halogens is 1. The van der Waals surface area contributed by atoms with E-state index in [1.165, 1.54) is 24.3 Å².